The highest BCUT2D eigenvalue weighted by Gasteiger charge is 2.07. The molecule has 2 aromatic rings. The summed E-state index contributed by atoms with van der Waals surface area (Å²) in [6.45, 7) is 3.84. The molecule has 0 aliphatic carbocycles. The van der Waals surface area contributed by atoms with Crippen LogP contribution in [0.5, 0.6) is 0 Å². The van der Waals surface area contributed by atoms with Gasteiger partial charge in [0.25, 0.3) is 0 Å². The summed E-state index contributed by atoms with van der Waals surface area (Å²) >= 11 is 0. The van der Waals surface area contributed by atoms with Crippen LogP contribution in [0.4, 0.5) is 16.2 Å². The van der Waals surface area contributed by atoms with Crippen LogP contribution in [0.25, 0.3) is 0 Å². The van der Waals surface area contributed by atoms with E-state index in [-0.39, 0.29) is 11.9 Å². The second-order valence-corrected chi connectivity index (χ2v) is 4.89. The van der Waals surface area contributed by atoms with Gasteiger partial charge in [-0.05, 0) is 43.2 Å². The van der Waals surface area contributed by atoms with Crippen LogP contribution in [0.2, 0.25) is 0 Å². The summed E-state index contributed by atoms with van der Waals surface area (Å²) in [6.07, 6.45) is 0. The average molecular weight is 282 g/mol. The van der Waals surface area contributed by atoms with Crippen molar-refractivity contribution in [1.82, 2.24) is 0 Å². The molecular weight excluding hydrogens is 264 g/mol. The normalized spacial score (nSPS) is 10.0. The van der Waals surface area contributed by atoms with Gasteiger partial charge >= 0.3 is 6.03 Å². The zero-order valence-corrected chi connectivity index (χ0v) is 12.0. The van der Waals surface area contributed by atoms with Gasteiger partial charge < -0.3 is 16.4 Å². The predicted molar refractivity (Wildman–Crippen MR) is 86.0 cm³/mol. The van der Waals surface area contributed by atoms with Crippen LogP contribution in [0.3, 0.4) is 0 Å². The summed E-state index contributed by atoms with van der Waals surface area (Å²) < 4.78 is 0. The van der Waals surface area contributed by atoms with Gasteiger partial charge in [0, 0.05) is 16.9 Å². The first-order valence-electron chi connectivity index (χ1n) is 6.55. The summed E-state index contributed by atoms with van der Waals surface area (Å²) in [5, 5.41) is 13.0. The smallest absolute Gasteiger partial charge is 0.323 e. The number of benzene rings is 2. The summed E-state index contributed by atoms with van der Waals surface area (Å²) in [5.74, 6) is -0.0304. The Labute approximate surface area is 123 Å². The lowest BCUT2D eigenvalue weighted by Gasteiger charge is -2.11. The molecule has 0 saturated heterocycles. The van der Waals surface area contributed by atoms with Crippen LogP contribution in [-0.4, -0.2) is 11.9 Å². The van der Waals surface area contributed by atoms with Crippen molar-refractivity contribution in [3.63, 3.8) is 0 Å². The van der Waals surface area contributed by atoms with E-state index in [4.69, 9.17) is 11.1 Å². The fourth-order valence-electron chi connectivity index (χ4n) is 1.93. The van der Waals surface area contributed by atoms with Gasteiger partial charge in [0.2, 0.25) is 0 Å². The molecule has 5 heteroatoms. The number of aryl methyl sites for hydroxylation is 2. The van der Waals surface area contributed by atoms with E-state index >= 15 is 0 Å². The summed E-state index contributed by atoms with van der Waals surface area (Å²) in [7, 11) is 0. The third-order valence-electron chi connectivity index (χ3n) is 3.07. The second kappa shape index (κ2) is 6.09. The van der Waals surface area contributed by atoms with Crippen LogP contribution in [0.1, 0.15) is 16.7 Å². The molecule has 2 aromatic carbocycles. The minimum Gasteiger partial charge on any atom is -0.384 e. The quantitative estimate of drug-likeness (QED) is 0.514. The largest absolute Gasteiger partial charge is 0.384 e. The van der Waals surface area contributed by atoms with Crippen LogP contribution in [-0.2, 0) is 0 Å². The van der Waals surface area contributed by atoms with Gasteiger partial charge in [0.05, 0.1) is 0 Å². The minimum atomic E-state index is -0.329. The molecule has 108 valence electrons. The van der Waals surface area contributed by atoms with Crippen LogP contribution < -0.4 is 16.4 Å². The van der Waals surface area contributed by atoms with Crippen molar-refractivity contribution in [3.05, 3.63) is 59.2 Å². The maximum absolute atomic E-state index is 12.0. The minimum absolute atomic E-state index is 0.0304. The van der Waals surface area contributed by atoms with Crippen LogP contribution in [0, 0.1) is 19.3 Å². The van der Waals surface area contributed by atoms with Crippen molar-refractivity contribution in [3.8, 4) is 0 Å². The topological polar surface area (TPSA) is 91.0 Å². The standard InChI is InChI=1S/C16H18N4O/c1-10-4-3-5-13(8-10)19-16(21)20-14-9-12(15(17)18)7-6-11(14)2/h3-9H,1-2H3,(H3,17,18)(H2,19,20,21). The molecule has 0 heterocycles. The number of nitrogen functional groups attached to an aromatic ring is 1. The number of anilines is 2. The third-order valence-corrected chi connectivity index (χ3v) is 3.07. The summed E-state index contributed by atoms with van der Waals surface area (Å²) in [5.41, 5.74) is 9.37. The number of rotatable bonds is 3. The van der Waals surface area contributed by atoms with Gasteiger partial charge in [-0.15, -0.1) is 0 Å². The molecule has 0 radical (unpaired) electrons. The number of nitrogens with one attached hydrogen (secondary N) is 3. The highest BCUT2D eigenvalue weighted by atomic mass is 16.2. The molecule has 0 bridgehead atoms. The van der Waals surface area contributed by atoms with Crippen molar-refractivity contribution in [1.29, 1.82) is 5.41 Å². The molecule has 2 rings (SSSR count). The van der Waals surface area contributed by atoms with Crippen molar-refractivity contribution in [2.45, 2.75) is 13.8 Å². The molecule has 0 spiro atoms. The van der Waals surface area contributed by atoms with E-state index in [0.717, 1.165) is 16.8 Å². The molecule has 0 unspecified atom stereocenters. The Morgan fingerprint density at radius 2 is 1.86 bits per heavy atom. The fraction of sp³-hybridized carbons (Fsp3) is 0.125. The maximum atomic E-state index is 12.0. The molecule has 5 N–H and O–H groups in total. The molecule has 2 amide bonds. The zero-order valence-electron chi connectivity index (χ0n) is 12.0. The second-order valence-electron chi connectivity index (χ2n) is 4.89. The number of urea groups is 1. The Hall–Kier alpha value is -2.82. The average Bonchev–Trinajstić information content (AvgIpc) is 2.41. The molecule has 0 aliphatic rings. The van der Waals surface area contributed by atoms with Crippen molar-refractivity contribution < 1.29 is 4.79 Å². The molecule has 0 aliphatic heterocycles. The molecule has 5 nitrogen and oxygen atoms in total. The molecule has 0 saturated carbocycles. The van der Waals surface area contributed by atoms with E-state index in [0.29, 0.717) is 11.3 Å². The van der Waals surface area contributed by atoms with E-state index in [1.54, 1.807) is 12.1 Å². The van der Waals surface area contributed by atoms with E-state index in [9.17, 15) is 4.79 Å². The van der Waals surface area contributed by atoms with Gasteiger partial charge in [-0.2, -0.15) is 0 Å². The number of hydrogen-bond acceptors (Lipinski definition) is 2. The van der Waals surface area contributed by atoms with Crippen LogP contribution in [0.15, 0.2) is 42.5 Å². The summed E-state index contributed by atoms with van der Waals surface area (Å²) in [4.78, 5) is 12.0. The van der Waals surface area contributed by atoms with Gasteiger partial charge in [-0.1, -0.05) is 24.3 Å². The zero-order chi connectivity index (χ0) is 15.4. The molecule has 0 aromatic heterocycles. The SMILES string of the molecule is Cc1cccc(NC(=O)Nc2cc(C(=N)N)ccc2C)c1. The van der Waals surface area contributed by atoms with Crippen LogP contribution >= 0.6 is 0 Å². The Morgan fingerprint density at radius 1 is 1.10 bits per heavy atom. The Morgan fingerprint density at radius 3 is 2.52 bits per heavy atom. The Bertz CT molecular complexity index is 694. The lowest BCUT2D eigenvalue weighted by molar-refractivity contribution is 0.262. The first-order valence-corrected chi connectivity index (χ1v) is 6.55. The molecule has 0 fully saturated rings. The first kappa shape index (κ1) is 14.6. The first-order chi connectivity index (χ1) is 9.95. The van der Waals surface area contributed by atoms with E-state index < -0.39 is 0 Å². The predicted octanol–water partition coefficient (Wildman–Crippen LogP) is 3.23. The number of amidine groups is 1. The number of hydrogen-bond donors (Lipinski definition) is 4. The number of nitrogens with two attached hydrogens (primary N) is 1. The molecule has 21 heavy (non-hydrogen) atoms. The Balaban J connectivity index is 2.12. The highest BCUT2D eigenvalue weighted by molar-refractivity contribution is 6.02. The molecular formula is C16H18N4O. The van der Waals surface area contributed by atoms with Crippen molar-refractivity contribution in [2.75, 3.05) is 10.6 Å². The van der Waals surface area contributed by atoms with Gasteiger partial charge in [0.15, 0.2) is 0 Å². The van der Waals surface area contributed by atoms with Gasteiger partial charge in [-0.3, -0.25) is 5.41 Å². The number of amides is 2. The fourth-order valence-corrected chi connectivity index (χ4v) is 1.93. The maximum Gasteiger partial charge on any atom is 0.323 e. The van der Waals surface area contributed by atoms with E-state index in [1.807, 2.05) is 44.2 Å². The van der Waals surface area contributed by atoms with Crippen molar-refractivity contribution >= 4 is 23.2 Å². The lowest BCUT2D eigenvalue weighted by atomic mass is 10.1. The van der Waals surface area contributed by atoms with Crippen molar-refractivity contribution in [2.24, 2.45) is 5.73 Å². The monoisotopic (exact) mass is 282 g/mol. The van der Waals surface area contributed by atoms with E-state index in [2.05, 4.69) is 10.6 Å². The molecule has 0 atom stereocenters. The van der Waals surface area contributed by atoms with Gasteiger partial charge in [0.1, 0.15) is 5.84 Å². The summed E-state index contributed by atoms with van der Waals surface area (Å²) in [6, 6.07) is 12.5. The number of carbonyl (C=O) groups is 1. The van der Waals surface area contributed by atoms with E-state index in [1.165, 1.54) is 0 Å². The highest BCUT2D eigenvalue weighted by Crippen LogP contribution is 2.17. The Kier molecular flexibility index (Phi) is 4.23. The van der Waals surface area contributed by atoms with Gasteiger partial charge in [-0.25, -0.2) is 4.79 Å². The number of carbonyl (C=O) groups excluding carboxylic acids is 1. The third kappa shape index (κ3) is 3.82. The lowest BCUT2D eigenvalue weighted by Crippen LogP contribution is -2.20.